The van der Waals surface area contributed by atoms with E-state index in [0.717, 1.165) is 0 Å². The van der Waals surface area contributed by atoms with E-state index in [9.17, 15) is 9.18 Å². The standard InChI is InChI=1S/C13H8Cl2FNO2/c14-10-6-8(7-11(15)12(10)16)17-13(18)19-9-4-2-1-3-5-9/h1-7H,(H,17,18). The number of benzene rings is 2. The van der Waals surface area contributed by atoms with Gasteiger partial charge in [-0.1, -0.05) is 41.4 Å². The van der Waals surface area contributed by atoms with Gasteiger partial charge in [-0.3, -0.25) is 5.32 Å². The van der Waals surface area contributed by atoms with Crippen molar-refractivity contribution in [1.29, 1.82) is 0 Å². The van der Waals surface area contributed by atoms with Crippen molar-refractivity contribution < 1.29 is 13.9 Å². The van der Waals surface area contributed by atoms with Crippen LogP contribution in [0.3, 0.4) is 0 Å². The first-order chi connectivity index (χ1) is 9.06. The van der Waals surface area contributed by atoms with Gasteiger partial charge in [-0.25, -0.2) is 9.18 Å². The summed E-state index contributed by atoms with van der Waals surface area (Å²) in [6, 6.07) is 11.0. The van der Waals surface area contributed by atoms with Crippen LogP contribution >= 0.6 is 23.2 Å². The van der Waals surface area contributed by atoms with Crippen LogP contribution in [0.5, 0.6) is 5.75 Å². The van der Waals surface area contributed by atoms with Crippen molar-refractivity contribution in [2.24, 2.45) is 0 Å². The van der Waals surface area contributed by atoms with Crippen LogP contribution in [-0.4, -0.2) is 6.09 Å². The summed E-state index contributed by atoms with van der Waals surface area (Å²) < 4.78 is 18.2. The minimum absolute atomic E-state index is 0.178. The topological polar surface area (TPSA) is 38.3 Å². The van der Waals surface area contributed by atoms with Gasteiger partial charge in [0.15, 0.2) is 5.82 Å². The summed E-state index contributed by atoms with van der Waals surface area (Å²) in [4.78, 5) is 11.6. The molecule has 0 fully saturated rings. The highest BCUT2D eigenvalue weighted by Gasteiger charge is 2.10. The molecule has 2 aromatic rings. The van der Waals surface area contributed by atoms with Crippen LogP contribution in [0.1, 0.15) is 0 Å². The van der Waals surface area contributed by atoms with E-state index >= 15 is 0 Å². The molecule has 0 aliphatic heterocycles. The molecule has 0 saturated carbocycles. The van der Waals surface area contributed by atoms with Gasteiger partial charge in [0.25, 0.3) is 0 Å². The molecule has 0 aliphatic carbocycles. The third kappa shape index (κ3) is 3.59. The number of carbonyl (C=O) groups is 1. The Morgan fingerprint density at radius 3 is 2.26 bits per heavy atom. The highest BCUT2D eigenvalue weighted by Crippen LogP contribution is 2.27. The van der Waals surface area contributed by atoms with Gasteiger partial charge in [0.2, 0.25) is 0 Å². The number of halogens is 3. The Morgan fingerprint density at radius 2 is 1.68 bits per heavy atom. The van der Waals surface area contributed by atoms with Gasteiger partial charge in [0.1, 0.15) is 5.75 Å². The molecule has 2 rings (SSSR count). The molecule has 1 N–H and O–H groups in total. The monoisotopic (exact) mass is 299 g/mol. The zero-order chi connectivity index (χ0) is 13.8. The van der Waals surface area contributed by atoms with Gasteiger partial charge >= 0.3 is 6.09 Å². The van der Waals surface area contributed by atoms with Crippen molar-refractivity contribution in [2.75, 3.05) is 5.32 Å². The lowest BCUT2D eigenvalue weighted by molar-refractivity contribution is 0.215. The number of hydrogen-bond acceptors (Lipinski definition) is 2. The Balaban J connectivity index is 2.07. The fourth-order valence-corrected chi connectivity index (χ4v) is 1.85. The average Bonchev–Trinajstić information content (AvgIpc) is 2.37. The number of ether oxygens (including phenoxy) is 1. The van der Waals surface area contributed by atoms with E-state index in [1.807, 2.05) is 0 Å². The van der Waals surface area contributed by atoms with Crippen LogP contribution in [0, 0.1) is 5.82 Å². The Morgan fingerprint density at radius 1 is 1.11 bits per heavy atom. The van der Waals surface area contributed by atoms with Crippen molar-refractivity contribution in [1.82, 2.24) is 0 Å². The number of anilines is 1. The van der Waals surface area contributed by atoms with Crippen LogP contribution in [0.4, 0.5) is 14.9 Å². The molecule has 0 aliphatic rings. The van der Waals surface area contributed by atoms with Crippen LogP contribution in [0.25, 0.3) is 0 Å². The molecule has 0 unspecified atom stereocenters. The molecule has 98 valence electrons. The molecule has 6 heteroatoms. The molecule has 3 nitrogen and oxygen atoms in total. The molecule has 2 aromatic carbocycles. The maximum atomic E-state index is 13.2. The lowest BCUT2D eigenvalue weighted by Gasteiger charge is -2.07. The largest absolute Gasteiger partial charge is 0.417 e. The van der Waals surface area contributed by atoms with Gasteiger partial charge in [-0.2, -0.15) is 0 Å². The van der Waals surface area contributed by atoms with Crippen molar-refractivity contribution in [3.05, 3.63) is 58.3 Å². The van der Waals surface area contributed by atoms with Crippen molar-refractivity contribution >= 4 is 35.0 Å². The molecule has 0 saturated heterocycles. The summed E-state index contributed by atoms with van der Waals surface area (Å²) >= 11 is 11.2. The summed E-state index contributed by atoms with van der Waals surface area (Å²) in [7, 11) is 0. The fraction of sp³-hybridized carbons (Fsp3) is 0. The van der Waals surface area contributed by atoms with E-state index in [0.29, 0.717) is 5.75 Å². The SMILES string of the molecule is O=C(Nc1cc(Cl)c(F)c(Cl)c1)Oc1ccccc1. The second kappa shape index (κ2) is 5.91. The van der Waals surface area contributed by atoms with E-state index in [4.69, 9.17) is 27.9 Å². The smallest absolute Gasteiger partial charge is 0.410 e. The van der Waals surface area contributed by atoms with E-state index in [2.05, 4.69) is 5.32 Å². The van der Waals surface area contributed by atoms with Crippen LogP contribution in [0.15, 0.2) is 42.5 Å². The molecule has 0 radical (unpaired) electrons. The lowest BCUT2D eigenvalue weighted by atomic mass is 10.3. The molecule has 1 amide bonds. The Hall–Kier alpha value is -1.78. The zero-order valence-electron chi connectivity index (χ0n) is 9.49. The third-order valence-electron chi connectivity index (χ3n) is 2.18. The molecule has 0 bridgehead atoms. The van der Waals surface area contributed by atoms with Gasteiger partial charge < -0.3 is 4.74 Å². The first-order valence-corrected chi connectivity index (χ1v) is 6.00. The maximum Gasteiger partial charge on any atom is 0.417 e. The van der Waals surface area contributed by atoms with Crippen LogP contribution < -0.4 is 10.1 Å². The first kappa shape index (κ1) is 13.6. The number of hydrogen-bond donors (Lipinski definition) is 1. The van der Waals surface area contributed by atoms with Gasteiger partial charge in [0, 0.05) is 5.69 Å². The number of rotatable bonds is 2. The summed E-state index contributed by atoms with van der Waals surface area (Å²) in [6.07, 6.45) is -0.718. The molecule has 0 atom stereocenters. The quantitative estimate of drug-likeness (QED) is 0.813. The summed E-state index contributed by atoms with van der Waals surface area (Å²) in [5, 5.41) is 2.05. The molecule has 19 heavy (non-hydrogen) atoms. The van der Waals surface area contributed by atoms with E-state index in [1.54, 1.807) is 30.3 Å². The van der Waals surface area contributed by atoms with Crippen LogP contribution in [0.2, 0.25) is 10.0 Å². The molecule has 0 aromatic heterocycles. The molecule has 0 heterocycles. The van der Waals surface area contributed by atoms with Crippen molar-refractivity contribution in [3.63, 3.8) is 0 Å². The molecule has 0 spiro atoms. The maximum absolute atomic E-state index is 13.2. The summed E-state index contributed by atoms with van der Waals surface area (Å²) in [6.45, 7) is 0. The van der Waals surface area contributed by atoms with Gasteiger partial charge in [-0.15, -0.1) is 0 Å². The predicted octanol–water partition coefficient (Wildman–Crippen LogP) is 4.74. The number of amides is 1. The third-order valence-corrected chi connectivity index (χ3v) is 2.73. The van der Waals surface area contributed by atoms with E-state index in [1.165, 1.54) is 12.1 Å². The molecular weight excluding hydrogens is 292 g/mol. The lowest BCUT2D eigenvalue weighted by Crippen LogP contribution is -2.16. The minimum Gasteiger partial charge on any atom is -0.410 e. The first-order valence-electron chi connectivity index (χ1n) is 5.24. The Bertz CT molecular complexity index is 582. The normalized spacial score (nSPS) is 10.1. The number of nitrogens with one attached hydrogen (secondary N) is 1. The predicted molar refractivity (Wildman–Crippen MR) is 72.5 cm³/mol. The summed E-state index contributed by atoms with van der Waals surface area (Å²) in [5.41, 5.74) is 0.248. The van der Waals surface area contributed by atoms with Crippen LogP contribution in [-0.2, 0) is 0 Å². The zero-order valence-corrected chi connectivity index (χ0v) is 11.0. The Kier molecular flexibility index (Phi) is 4.24. The second-order valence-corrected chi connectivity index (χ2v) is 4.40. The highest BCUT2D eigenvalue weighted by atomic mass is 35.5. The van der Waals surface area contributed by atoms with Gasteiger partial charge in [-0.05, 0) is 24.3 Å². The molecular formula is C13H8Cl2FNO2. The number of carbonyl (C=O) groups excluding carboxylic acids is 1. The van der Waals surface area contributed by atoms with Crippen molar-refractivity contribution in [2.45, 2.75) is 0 Å². The number of para-hydroxylation sites is 1. The highest BCUT2D eigenvalue weighted by molar-refractivity contribution is 6.35. The Labute approximate surface area is 118 Å². The van der Waals surface area contributed by atoms with E-state index < -0.39 is 11.9 Å². The minimum atomic E-state index is -0.731. The van der Waals surface area contributed by atoms with Crippen molar-refractivity contribution in [3.8, 4) is 5.75 Å². The summed E-state index contributed by atoms with van der Waals surface area (Å²) in [5.74, 6) is -0.343. The second-order valence-electron chi connectivity index (χ2n) is 3.58. The fourth-order valence-electron chi connectivity index (χ4n) is 1.37. The van der Waals surface area contributed by atoms with Gasteiger partial charge in [0.05, 0.1) is 10.0 Å². The van der Waals surface area contributed by atoms with E-state index in [-0.39, 0.29) is 15.7 Å². The average molecular weight is 300 g/mol.